The number of nitrogens with zero attached hydrogens (tertiary/aromatic N) is 2. The van der Waals surface area contributed by atoms with Crippen molar-refractivity contribution in [1.29, 1.82) is 0 Å². The number of phenolic OH excluding ortho intramolecular Hbond substituents is 6. The van der Waals surface area contributed by atoms with Crippen LogP contribution in [-0.4, -0.2) is 69.6 Å². The summed E-state index contributed by atoms with van der Waals surface area (Å²) in [5, 5.41) is 70.5. The zero-order valence-corrected chi connectivity index (χ0v) is 29.0. The van der Waals surface area contributed by atoms with Crippen molar-refractivity contribution < 1.29 is 69.6 Å². The number of hydrogen-bond donors (Lipinski definition) is 11. The number of azo groups is 1. The molecule has 6 aromatic carbocycles. The van der Waals surface area contributed by atoms with Gasteiger partial charge in [0.15, 0.2) is 5.75 Å². The maximum absolute atomic E-state index is 12.3. The predicted molar refractivity (Wildman–Crippen MR) is 191 cm³/mol. The van der Waals surface area contributed by atoms with Gasteiger partial charge >= 0.3 is 0 Å². The Morgan fingerprint density at radius 1 is 0.481 bits per heavy atom. The van der Waals surface area contributed by atoms with Gasteiger partial charge in [-0.1, -0.05) is 18.2 Å². The van der Waals surface area contributed by atoms with Crippen LogP contribution in [0.4, 0.5) is 22.7 Å². The van der Waals surface area contributed by atoms with Crippen LogP contribution in [0.3, 0.4) is 0 Å². The Hall–Kier alpha value is -6.43. The molecule has 280 valence electrons. The molecule has 19 nitrogen and oxygen atoms in total. The van der Waals surface area contributed by atoms with Crippen molar-refractivity contribution >= 4 is 74.6 Å². The number of rotatable bonds is 9. The first-order chi connectivity index (χ1) is 25.1. The van der Waals surface area contributed by atoms with Crippen LogP contribution < -0.4 is 10.9 Å². The lowest BCUT2D eigenvalue weighted by Crippen LogP contribution is -2.13. The third kappa shape index (κ3) is 7.14. The highest BCUT2D eigenvalue weighted by atomic mass is 32.2. The van der Waals surface area contributed by atoms with E-state index in [1.165, 1.54) is 42.5 Å². The van der Waals surface area contributed by atoms with Crippen molar-refractivity contribution in [2.45, 2.75) is 14.7 Å². The van der Waals surface area contributed by atoms with Gasteiger partial charge < -0.3 is 30.6 Å². The lowest BCUT2D eigenvalue weighted by molar-refractivity contribution is 0.458. The van der Waals surface area contributed by atoms with E-state index in [0.29, 0.717) is 23.3 Å². The molecule has 0 bridgehead atoms. The van der Waals surface area contributed by atoms with E-state index < -0.39 is 96.0 Å². The van der Waals surface area contributed by atoms with Crippen molar-refractivity contribution in [2.75, 3.05) is 10.9 Å². The molecule has 0 unspecified atom stereocenters. The standard InChI is InChI=1S/C32H24N4O15S3/c37-22-5-2-14(9-21(22)34-36-31-27(54(49,50)51)11-17-8-19(53(46,47)48)13-26(41)29(17)32(31)42)15-1-4-20(24(39)10-15)33-35-30-23(38)6-3-16-7-18(52(43,44)45)12-25(40)28(16)30/h1-13,34,36-42H,(H,43,44,45)(H,46,47,48)(H,49,50,51). The van der Waals surface area contributed by atoms with E-state index in [1.54, 1.807) is 0 Å². The molecule has 0 heterocycles. The third-order valence-electron chi connectivity index (χ3n) is 7.91. The summed E-state index contributed by atoms with van der Waals surface area (Å²) in [6.45, 7) is 0. The normalized spacial score (nSPS) is 12.4. The molecular formula is C32H24N4O15S3. The molecule has 22 heteroatoms. The van der Waals surface area contributed by atoms with Gasteiger partial charge in [0.1, 0.15) is 50.7 Å². The van der Waals surface area contributed by atoms with Crippen LogP contribution in [0.25, 0.3) is 32.7 Å². The lowest BCUT2D eigenvalue weighted by atomic mass is 10.0. The summed E-state index contributed by atoms with van der Waals surface area (Å²) in [5.41, 5.74) is 4.17. The van der Waals surface area contributed by atoms with Gasteiger partial charge in [-0.05, 0) is 70.4 Å². The molecule has 0 atom stereocenters. The highest BCUT2D eigenvalue weighted by Crippen LogP contribution is 2.45. The van der Waals surface area contributed by atoms with Crippen LogP contribution in [0.2, 0.25) is 0 Å². The van der Waals surface area contributed by atoms with Crippen LogP contribution in [0.1, 0.15) is 0 Å². The van der Waals surface area contributed by atoms with Crippen LogP contribution in [0.5, 0.6) is 34.5 Å². The van der Waals surface area contributed by atoms with Crippen molar-refractivity contribution in [3.63, 3.8) is 0 Å². The molecule has 0 aliphatic heterocycles. The molecule has 0 saturated carbocycles. The van der Waals surface area contributed by atoms with Crippen LogP contribution >= 0.6 is 0 Å². The molecule has 54 heavy (non-hydrogen) atoms. The average molecular weight is 801 g/mol. The van der Waals surface area contributed by atoms with Crippen molar-refractivity contribution in [1.82, 2.24) is 0 Å². The minimum atomic E-state index is -5.15. The summed E-state index contributed by atoms with van der Waals surface area (Å²) in [5.74, 6) is -3.82. The zero-order chi connectivity index (χ0) is 39.5. The maximum atomic E-state index is 12.3. The Kier molecular flexibility index (Phi) is 9.13. The van der Waals surface area contributed by atoms with Gasteiger partial charge in [-0.2, -0.15) is 25.3 Å². The number of phenols is 6. The summed E-state index contributed by atoms with van der Waals surface area (Å²) in [6, 6.07) is 14.2. The number of aromatic hydroxyl groups is 6. The second kappa shape index (κ2) is 13.2. The number of anilines is 2. The fraction of sp³-hybridized carbons (Fsp3) is 0. The minimum absolute atomic E-state index is 0.0811. The average Bonchev–Trinajstić information content (AvgIpc) is 3.07. The molecule has 0 aliphatic carbocycles. The van der Waals surface area contributed by atoms with E-state index in [9.17, 15) is 69.6 Å². The van der Waals surface area contributed by atoms with Crippen LogP contribution in [0, 0.1) is 0 Å². The van der Waals surface area contributed by atoms with E-state index >= 15 is 0 Å². The Morgan fingerprint density at radius 3 is 1.67 bits per heavy atom. The summed E-state index contributed by atoms with van der Waals surface area (Å²) in [4.78, 5) is -2.43. The van der Waals surface area contributed by atoms with Crippen LogP contribution in [0.15, 0.2) is 104 Å². The highest BCUT2D eigenvalue weighted by molar-refractivity contribution is 7.86. The van der Waals surface area contributed by atoms with Crippen molar-refractivity contribution in [3.05, 3.63) is 78.9 Å². The molecule has 0 aromatic heterocycles. The summed E-state index contributed by atoms with van der Waals surface area (Å²) in [7, 11) is -14.7. The Labute approximate surface area is 303 Å². The zero-order valence-electron chi connectivity index (χ0n) is 26.6. The molecule has 6 rings (SSSR count). The molecule has 0 fully saturated rings. The summed E-state index contributed by atoms with van der Waals surface area (Å²) in [6.07, 6.45) is 0. The Morgan fingerprint density at radius 2 is 1.06 bits per heavy atom. The molecule has 11 N–H and O–H groups in total. The van der Waals surface area contributed by atoms with E-state index in [2.05, 4.69) is 21.1 Å². The number of fused-ring (bicyclic) bond motifs is 2. The molecular weight excluding hydrogens is 777 g/mol. The van der Waals surface area contributed by atoms with E-state index in [0.717, 1.165) is 24.3 Å². The van der Waals surface area contributed by atoms with E-state index in [4.69, 9.17) is 0 Å². The van der Waals surface area contributed by atoms with Gasteiger partial charge in [0.05, 0.1) is 26.3 Å². The molecule has 6 aromatic rings. The molecule has 0 spiro atoms. The first-order valence-corrected chi connectivity index (χ1v) is 19.0. The topological polar surface area (TPSA) is 333 Å². The van der Waals surface area contributed by atoms with Gasteiger partial charge in [0.25, 0.3) is 30.4 Å². The van der Waals surface area contributed by atoms with Crippen LogP contribution in [-0.2, 0) is 30.4 Å². The predicted octanol–water partition coefficient (Wildman–Crippen LogP) is 5.49. The molecule has 0 aliphatic rings. The Balaban J connectivity index is 1.31. The van der Waals surface area contributed by atoms with Gasteiger partial charge in [-0.15, -0.1) is 10.2 Å². The van der Waals surface area contributed by atoms with Crippen molar-refractivity contribution in [2.24, 2.45) is 10.2 Å². The van der Waals surface area contributed by atoms with E-state index in [1.807, 2.05) is 0 Å². The quantitative estimate of drug-likeness (QED) is 0.0373. The Bertz CT molecular complexity index is 2940. The number of hydrazine groups is 1. The smallest absolute Gasteiger partial charge is 0.296 e. The van der Waals surface area contributed by atoms with Crippen molar-refractivity contribution in [3.8, 4) is 45.6 Å². The number of benzene rings is 6. The van der Waals surface area contributed by atoms with E-state index in [-0.39, 0.29) is 27.8 Å². The fourth-order valence-corrected chi connectivity index (χ4v) is 7.15. The molecule has 0 radical (unpaired) electrons. The van der Waals surface area contributed by atoms with Gasteiger partial charge in [-0.25, -0.2) is 0 Å². The maximum Gasteiger partial charge on any atom is 0.296 e. The largest absolute Gasteiger partial charge is 0.507 e. The summed E-state index contributed by atoms with van der Waals surface area (Å²) >= 11 is 0. The second-order valence-corrected chi connectivity index (χ2v) is 15.7. The lowest BCUT2D eigenvalue weighted by Gasteiger charge is -2.18. The highest BCUT2D eigenvalue weighted by Gasteiger charge is 2.25. The fourth-order valence-electron chi connectivity index (χ4n) is 5.40. The molecule has 0 amide bonds. The minimum Gasteiger partial charge on any atom is -0.507 e. The third-order valence-corrected chi connectivity index (χ3v) is 10.4. The molecule has 0 saturated heterocycles. The second-order valence-electron chi connectivity index (χ2n) is 11.4. The first kappa shape index (κ1) is 37.3. The van der Waals surface area contributed by atoms with Gasteiger partial charge in [0, 0.05) is 12.1 Å². The number of nitrogens with one attached hydrogen (secondary N) is 2. The summed E-state index contributed by atoms with van der Waals surface area (Å²) < 4.78 is 99.5. The van der Waals surface area contributed by atoms with Gasteiger partial charge in [-0.3, -0.25) is 24.5 Å². The van der Waals surface area contributed by atoms with Gasteiger partial charge in [0.2, 0.25) is 0 Å². The SMILES string of the molecule is O=S(=O)(O)c1cc(O)c2c(O)c(NNc3cc(-c4ccc(N=Nc5c(O)ccc6cc(S(=O)(=O)O)cc(O)c56)c(O)c4)ccc3O)c(S(=O)(=O)O)cc2c1. The number of hydrogen-bond acceptors (Lipinski definition) is 16. The monoisotopic (exact) mass is 800 g/mol. The first-order valence-electron chi connectivity index (χ1n) is 14.7.